The lowest BCUT2D eigenvalue weighted by Crippen LogP contribution is -1.85. The number of nitrogens with one attached hydrogen (secondary N) is 2. The van der Waals surface area contributed by atoms with Gasteiger partial charge in [0.2, 0.25) is 0 Å². The van der Waals surface area contributed by atoms with Gasteiger partial charge in [-0.3, -0.25) is 5.10 Å². The molecule has 2 N–H and O–H groups in total. The van der Waals surface area contributed by atoms with Crippen LogP contribution in [0.5, 0.6) is 0 Å². The molecule has 4 heteroatoms. The predicted molar refractivity (Wildman–Crippen MR) is 78.1 cm³/mol. The van der Waals surface area contributed by atoms with Crippen LogP contribution in [0.25, 0.3) is 32.9 Å². The molecule has 4 aromatic rings. The molecule has 0 aliphatic carbocycles. The molecule has 2 aromatic carbocycles. The fourth-order valence-corrected chi connectivity index (χ4v) is 2.61. The van der Waals surface area contributed by atoms with Crippen LogP contribution in [0.4, 0.5) is 4.39 Å². The minimum absolute atomic E-state index is 0.230. The summed E-state index contributed by atoms with van der Waals surface area (Å²) in [5.74, 6) is -0.230. The minimum Gasteiger partial charge on any atom is -0.361 e. The number of hydrogen-bond donors (Lipinski definition) is 2. The van der Waals surface area contributed by atoms with Gasteiger partial charge in [-0.15, -0.1) is 0 Å². The van der Waals surface area contributed by atoms with Crippen LogP contribution in [0.3, 0.4) is 0 Å². The number of H-pyrrole nitrogens is 2. The maximum atomic E-state index is 14.2. The second-order valence-electron chi connectivity index (χ2n) is 4.98. The Morgan fingerprint density at radius 1 is 1.10 bits per heavy atom. The number of rotatable bonds is 1. The van der Waals surface area contributed by atoms with Crippen molar-refractivity contribution in [2.24, 2.45) is 0 Å². The molecule has 20 heavy (non-hydrogen) atoms. The van der Waals surface area contributed by atoms with Gasteiger partial charge in [0.15, 0.2) is 0 Å². The van der Waals surface area contributed by atoms with E-state index < -0.39 is 0 Å². The van der Waals surface area contributed by atoms with E-state index in [2.05, 4.69) is 15.2 Å². The van der Waals surface area contributed by atoms with Gasteiger partial charge < -0.3 is 4.98 Å². The second-order valence-corrected chi connectivity index (χ2v) is 4.98. The lowest BCUT2D eigenvalue weighted by molar-refractivity contribution is 0.633. The van der Waals surface area contributed by atoms with Crippen LogP contribution < -0.4 is 0 Å². The Labute approximate surface area is 114 Å². The molecule has 0 aliphatic heterocycles. The summed E-state index contributed by atoms with van der Waals surface area (Å²) in [5.41, 5.74) is 4.12. The first-order valence-corrected chi connectivity index (χ1v) is 6.44. The normalized spacial score (nSPS) is 11.5. The van der Waals surface area contributed by atoms with E-state index >= 15 is 0 Å². The molecular weight excluding hydrogens is 253 g/mol. The highest BCUT2D eigenvalue weighted by atomic mass is 19.1. The average Bonchev–Trinajstić information content (AvgIpc) is 3.04. The van der Waals surface area contributed by atoms with Crippen molar-refractivity contribution < 1.29 is 4.39 Å². The van der Waals surface area contributed by atoms with Gasteiger partial charge in [-0.1, -0.05) is 12.1 Å². The van der Waals surface area contributed by atoms with Crippen molar-refractivity contribution in [2.75, 3.05) is 0 Å². The molecule has 3 nitrogen and oxygen atoms in total. The summed E-state index contributed by atoms with van der Waals surface area (Å²) in [6, 6.07) is 11.2. The van der Waals surface area contributed by atoms with E-state index in [-0.39, 0.29) is 5.82 Å². The molecule has 4 rings (SSSR count). The molecule has 0 unspecified atom stereocenters. The van der Waals surface area contributed by atoms with E-state index in [4.69, 9.17) is 0 Å². The first-order valence-electron chi connectivity index (χ1n) is 6.44. The van der Waals surface area contributed by atoms with E-state index in [0.717, 1.165) is 33.1 Å². The SMILES string of the molecule is Cc1[nH]nc2cc(-c3cc4cc[nH]c4cc3F)ccc12. The Hall–Kier alpha value is -2.62. The number of hydrogen-bond acceptors (Lipinski definition) is 1. The van der Waals surface area contributed by atoms with Crippen molar-refractivity contribution in [1.82, 2.24) is 15.2 Å². The standard InChI is InChI=1S/C16H12FN3/c1-9-12-3-2-10(7-16(12)20-19-9)13-6-11-4-5-18-15(11)8-14(13)17/h2-8,18H,1H3,(H,19,20). The summed E-state index contributed by atoms with van der Waals surface area (Å²) in [4.78, 5) is 3.01. The van der Waals surface area contributed by atoms with Crippen LogP contribution in [-0.2, 0) is 0 Å². The van der Waals surface area contributed by atoms with Gasteiger partial charge in [0.05, 0.1) is 5.52 Å². The molecule has 2 aromatic heterocycles. The first kappa shape index (κ1) is 11.2. The summed E-state index contributed by atoms with van der Waals surface area (Å²) in [7, 11) is 0. The van der Waals surface area contributed by atoms with Crippen molar-refractivity contribution in [3.8, 4) is 11.1 Å². The summed E-state index contributed by atoms with van der Waals surface area (Å²) < 4.78 is 14.2. The Bertz CT molecular complexity index is 933. The highest BCUT2D eigenvalue weighted by Gasteiger charge is 2.10. The number of halogens is 1. The minimum atomic E-state index is -0.230. The van der Waals surface area contributed by atoms with Crippen LogP contribution in [0.1, 0.15) is 5.69 Å². The molecule has 98 valence electrons. The van der Waals surface area contributed by atoms with Crippen molar-refractivity contribution >= 4 is 21.8 Å². The van der Waals surface area contributed by atoms with Gasteiger partial charge in [0.1, 0.15) is 5.82 Å². The number of aromatic amines is 2. The quantitative estimate of drug-likeness (QED) is 0.533. The maximum Gasteiger partial charge on any atom is 0.133 e. The van der Waals surface area contributed by atoms with Crippen LogP contribution in [0.2, 0.25) is 0 Å². The zero-order valence-corrected chi connectivity index (χ0v) is 10.9. The Morgan fingerprint density at radius 2 is 2.00 bits per heavy atom. The van der Waals surface area contributed by atoms with E-state index in [1.165, 1.54) is 6.07 Å². The third-order valence-electron chi connectivity index (χ3n) is 3.70. The van der Waals surface area contributed by atoms with E-state index in [9.17, 15) is 4.39 Å². The van der Waals surface area contributed by atoms with Gasteiger partial charge in [-0.25, -0.2) is 4.39 Å². The summed E-state index contributed by atoms with van der Waals surface area (Å²) in [5, 5.41) is 9.25. The van der Waals surface area contributed by atoms with Crippen molar-refractivity contribution in [3.63, 3.8) is 0 Å². The van der Waals surface area contributed by atoms with E-state index in [1.807, 2.05) is 43.5 Å². The van der Waals surface area contributed by atoms with Crippen molar-refractivity contribution in [2.45, 2.75) is 6.92 Å². The maximum absolute atomic E-state index is 14.2. The fraction of sp³-hybridized carbons (Fsp3) is 0.0625. The smallest absolute Gasteiger partial charge is 0.133 e. The first-order chi connectivity index (χ1) is 9.72. The topological polar surface area (TPSA) is 44.5 Å². The van der Waals surface area contributed by atoms with E-state index in [1.54, 1.807) is 0 Å². The third kappa shape index (κ3) is 1.54. The third-order valence-corrected chi connectivity index (χ3v) is 3.70. The predicted octanol–water partition coefficient (Wildman–Crippen LogP) is 4.16. The van der Waals surface area contributed by atoms with E-state index in [0.29, 0.717) is 5.56 Å². The average molecular weight is 265 g/mol. The fourth-order valence-electron chi connectivity index (χ4n) is 2.61. The van der Waals surface area contributed by atoms with Gasteiger partial charge in [0, 0.05) is 33.7 Å². The molecule has 0 radical (unpaired) electrons. The summed E-state index contributed by atoms with van der Waals surface area (Å²) in [6.07, 6.45) is 1.81. The Morgan fingerprint density at radius 3 is 2.90 bits per heavy atom. The van der Waals surface area contributed by atoms with Crippen LogP contribution >= 0.6 is 0 Å². The number of aromatic nitrogens is 3. The number of fused-ring (bicyclic) bond motifs is 2. The van der Waals surface area contributed by atoms with Gasteiger partial charge in [0.25, 0.3) is 0 Å². The second kappa shape index (κ2) is 3.93. The van der Waals surface area contributed by atoms with Gasteiger partial charge >= 0.3 is 0 Å². The highest BCUT2D eigenvalue weighted by molar-refractivity contribution is 5.89. The molecule has 0 fully saturated rings. The highest BCUT2D eigenvalue weighted by Crippen LogP contribution is 2.29. The summed E-state index contributed by atoms with van der Waals surface area (Å²) >= 11 is 0. The van der Waals surface area contributed by atoms with Crippen LogP contribution in [0, 0.1) is 12.7 Å². The largest absolute Gasteiger partial charge is 0.361 e. The van der Waals surface area contributed by atoms with Crippen LogP contribution in [0.15, 0.2) is 42.6 Å². The lowest BCUT2D eigenvalue weighted by atomic mass is 10.0. The number of aryl methyl sites for hydroxylation is 1. The van der Waals surface area contributed by atoms with Gasteiger partial charge in [-0.2, -0.15) is 5.10 Å². The molecule has 0 bridgehead atoms. The molecule has 0 spiro atoms. The van der Waals surface area contributed by atoms with Crippen molar-refractivity contribution in [3.05, 3.63) is 54.1 Å². The zero-order chi connectivity index (χ0) is 13.7. The lowest BCUT2D eigenvalue weighted by Gasteiger charge is -2.04. The Kier molecular flexibility index (Phi) is 2.21. The molecular formula is C16H12FN3. The summed E-state index contributed by atoms with van der Waals surface area (Å²) in [6.45, 7) is 1.97. The molecule has 0 atom stereocenters. The molecule has 2 heterocycles. The zero-order valence-electron chi connectivity index (χ0n) is 10.9. The molecule has 0 amide bonds. The monoisotopic (exact) mass is 265 g/mol. The number of benzene rings is 2. The van der Waals surface area contributed by atoms with Crippen molar-refractivity contribution in [1.29, 1.82) is 0 Å². The Balaban J connectivity index is 1.97. The van der Waals surface area contributed by atoms with Gasteiger partial charge in [-0.05, 0) is 36.8 Å². The molecule has 0 aliphatic rings. The molecule has 0 saturated heterocycles. The molecule has 0 saturated carbocycles. The number of nitrogens with zero attached hydrogens (tertiary/aromatic N) is 1. The van der Waals surface area contributed by atoms with Crippen LogP contribution in [-0.4, -0.2) is 15.2 Å².